The molecule has 1 aliphatic carbocycles. The molecule has 3 rings (SSSR count). The van der Waals surface area contributed by atoms with Crippen LogP contribution in [0.2, 0.25) is 0 Å². The molecule has 0 N–H and O–H groups in total. The predicted molar refractivity (Wildman–Crippen MR) is 69.5 cm³/mol. The van der Waals surface area contributed by atoms with Crippen molar-refractivity contribution >= 4 is 0 Å². The minimum Gasteiger partial charge on any atom is -0.491 e. The normalized spacial score (nSPS) is 15.1. The zero-order valence-electron chi connectivity index (χ0n) is 10.7. The van der Waals surface area contributed by atoms with Gasteiger partial charge in [-0.05, 0) is 38.8 Å². The molecule has 4 heteroatoms. The summed E-state index contributed by atoms with van der Waals surface area (Å²) in [6, 6.07) is 8.64. The van der Waals surface area contributed by atoms with Crippen LogP contribution in [0.15, 0.2) is 30.6 Å². The third-order valence-electron chi connectivity index (χ3n) is 2.98. The van der Waals surface area contributed by atoms with Crippen LogP contribution in [0.4, 0.5) is 0 Å². The Hall–Kier alpha value is -1.84. The molecule has 2 aromatic rings. The van der Waals surface area contributed by atoms with Crippen LogP contribution < -0.4 is 4.74 Å². The highest BCUT2D eigenvalue weighted by Gasteiger charge is 2.26. The molecule has 94 valence electrons. The Kier molecular flexibility index (Phi) is 2.78. The van der Waals surface area contributed by atoms with Gasteiger partial charge in [-0.1, -0.05) is 12.1 Å². The molecule has 0 aliphatic heterocycles. The molecule has 0 radical (unpaired) electrons. The van der Waals surface area contributed by atoms with Crippen molar-refractivity contribution in [3.63, 3.8) is 0 Å². The van der Waals surface area contributed by atoms with Crippen LogP contribution in [-0.2, 0) is 0 Å². The molecular weight excluding hydrogens is 226 g/mol. The number of rotatable bonds is 4. The largest absolute Gasteiger partial charge is 0.491 e. The van der Waals surface area contributed by atoms with Gasteiger partial charge in [0.15, 0.2) is 5.82 Å². The molecule has 0 atom stereocenters. The minimum atomic E-state index is 0.182. The zero-order chi connectivity index (χ0) is 12.5. The Balaban J connectivity index is 1.93. The number of benzene rings is 1. The summed E-state index contributed by atoms with van der Waals surface area (Å²) >= 11 is 0. The van der Waals surface area contributed by atoms with Gasteiger partial charge in [0.2, 0.25) is 0 Å². The van der Waals surface area contributed by atoms with E-state index in [4.69, 9.17) is 4.74 Å². The molecule has 0 bridgehead atoms. The molecule has 0 amide bonds. The molecule has 1 saturated carbocycles. The summed E-state index contributed by atoms with van der Waals surface area (Å²) in [7, 11) is 0. The van der Waals surface area contributed by atoms with Gasteiger partial charge >= 0.3 is 0 Å². The molecule has 1 aliphatic rings. The number of hydrogen-bond acceptors (Lipinski definition) is 3. The van der Waals surface area contributed by atoms with E-state index in [-0.39, 0.29) is 6.10 Å². The van der Waals surface area contributed by atoms with E-state index in [1.807, 2.05) is 38.4 Å². The number of aromatic nitrogens is 3. The highest BCUT2D eigenvalue weighted by atomic mass is 16.5. The lowest BCUT2D eigenvalue weighted by Crippen LogP contribution is -2.05. The van der Waals surface area contributed by atoms with Crippen molar-refractivity contribution in [3.05, 3.63) is 30.6 Å². The first-order valence-electron chi connectivity index (χ1n) is 6.40. The van der Waals surface area contributed by atoms with E-state index in [2.05, 4.69) is 20.8 Å². The Morgan fingerprint density at radius 1 is 1.33 bits per heavy atom. The molecule has 0 spiro atoms. The van der Waals surface area contributed by atoms with E-state index in [0.717, 1.165) is 17.1 Å². The fourth-order valence-corrected chi connectivity index (χ4v) is 2.05. The summed E-state index contributed by atoms with van der Waals surface area (Å²) in [5.74, 6) is 1.82. The summed E-state index contributed by atoms with van der Waals surface area (Å²) in [6.45, 7) is 4.05. The zero-order valence-corrected chi connectivity index (χ0v) is 10.7. The van der Waals surface area contributed by atoms with Gasteiger partial charge in [0.25, 0.3) is 0 Å². The molecule has 4 nitrogen and oxygen atoms in total. The second kappa shape index (κ2) is 4.44. The van der Waals surface area contributed by atoms with Crippen LogP contribution in [0.5, 0.6) is 5.75 Å². The third kappa shape index (κ3) is 2.23. The van der Waals surface area contributed by atoms with Crippen LogP contribution in [-0.4, -0.2) is 20.9 Å². The number of ether oxygens (including phenoxy) is 1. The molecule has 1 aromatic heterocycles. The predicted octanol–water partition coefficient (Wildman–Crippen LogP) is 3.07. The number of hydrogen-bond donors (Lipinski definition) is 0. The Morgan fingerprint density at radius 3 is 2.89 bits per heavy atom. The Bertz CT molecular complexity index is 543. The maximum absolute atomic E-state index is 5.71. The first-order valence-corrected chi connectivity index (χ1v) is 6.40. The fourth-order valence-electron chi connectivity index (χ4n) is 2.05. The summed E-state index contributed by atoms with van der Waals surface area (Å²) in [5, 5.41) is 8.25. The van der Waals surface area contributed by atoms with Crippen LogP contribution in [0.3, 0.4) is 0 Å². The monoisotopic (exact) mass is 243 g/mol. The fraction of sp³-hybridized carbons (Fsp3) is 0.429. The van der Waals surface area contributed by atoms with E-state index in [1.54, 1.807) is 0 Å². The summed E-state index contributed by atoms with van der Waals surface area (Å²) in [6.07, 6.45) is 4.46. The van der Waals surface area contributed by atoms with Crippen LogP contribution >= 0.6 is 0 Å². The molecule has 1 aromatic carbocycles. The Labute approximate surface area is 107 Å². The smallest absolute Gasteiger partial charge is 0.164 e. The maximum Gasteiger partial charge on any atom is 0.164 e. The average Bonchev–Trinajstić information content (AvgIpc) is 3.06. The van der Waals surface area contributed by atoms with Crippen molar-refractivity contribution in [2.24, 2.45) is 0 Å². The molecule has 0 unspecified atom stereocenters. The van der Waals surface area contributed by atoms with E-state index < -0.39 is 0 Å². The van der Waals surface area contributed by atoms with E-state index >= 15 is 0 Å². The van der Waals surface area contributed by atoms with Crippen LogP contribution in [0.25, 0.3) is 11.4 Å². The Morgan fingerprint density at radius 2 is 2.17 bits per heavy atom. The highest BCUT2D eigenvalue weighted by Crippen LogP contribution is 2.37. The van der Waals surface area contributed by atoms with Gasteiger partial charge in [0.05, 0.1) is 6.10 Å². The molecule has 1 heterocycles. The maximum atomic E-state index is 5.71. The highest BCUT2D eigenvalue weighted by molar-refractivity contribution is 5.57. The lowest BCUT2D eigenvalue weighted by atomic mass is 10.2. The van der Waals surface area contributed by atoms with Gasteiger partial charge in [-0.2, -0.15) is 0 Å². The van der Waals surface area contributed by atoms with Crippen molar-refractivity contribution in [1.82, 2.24) is 14.8 Å². The summed E-state index contributed by atoms with van der Waals surface area (Å²) in [5.41, 5.74) is 1.07. The first-order chi connectivity index (χ1) is 8.74. The van der Waals surface area contributed by atoms with Crippen molar-refractivity contribution in [3.8, 4) is 17.1 Å². The van der Waals surface area contributed by atoms with Gasteiger partial charge < -0.3 is 9.30 Å². The molecule has 0 saturated heterocycles. The van der Waals surface area contributed by atoms with Crippen LogP contribution in [0, 0.1) is 0 Å². The first kappa shape index (κ1) is 11.3. The second-order valence-electron chi connectivity index (χ2n) is 4.99. The third-order valence-corrected chi connectivity index (χ3v) is 2.98. The standard InChI is InChI=1S/C14H17N3O/c1-10(2)18-13-5-3-4-11(8-13)14-16-15-9-17(14)12-6-7-12/h3-5,8-10,12H,6-7H2,1-2H3. The van der Waals surface area contributed by atoms with E-state index in [1.165, 1.54) is 12.8 Å². The minimum absolute atomic E-state index is 0.182. The van der Waals surface area contributed by atoms with Gasteiger partial charge in [0.1, 0.15) is 12.1 Å². The topological polar surface area (TPSA) is 39.9 Å². The summed E-state index contributed by atoms with van der Waals surface area (Å²) < 4.78 is 7.87. The molecule has 1 fully saturated rings. The SMILES string of the molecule is CC(C)Oc1cccc(-c2nncn2C2CC2)c1. The summed E-state index contributed by atoms with van der Waals surface area (Å²) in [4.78, 5) is 0. The van der Waals surface area contributed by atoms with E-state index in [0.29, 0.717) is 6.04 Å². The van der Waals surface area contributed by atoms with Gasteiger partial charge in [0, 0.05) is 11.6 Å². The number of nitrogens with zero attached hydrogens (tertiary/aromatic N) is 3. The van der Waals surface area contributed by atoms with Crippen LogP contribution in [0.1, 0.15) is 32.7 Å². The van der Waals surface area contributed by atoms with Crippen molar-refractivity contribution in [2.45, 2.75) is 38.8 Å². The van der Waals surface area contributed by atoms with Gasteiger partial charge in [-0.25, -0.2) is 0 Å². The van der Waals surface area contributed by atoms with Crippen molar-refractivity contribution in [2.75, 3.05) is 0 Å². The lowest BCUT2D eigenvalue weighted by molar-refractivity contribution is 0.242. The van der Waals surface area contributed by atoms with E-state index in [9.17, 15) is 0 Å². The van der Waals surface area contributed by atoms with Gasteiger partial charge in [-0.15, -0.1) is 10.2 Å². The molecular formula is C14H17N3O. The molecule has 18 heavy (non-hydrogen) atoms. The van der Waals surface area contributed by atoms with Gasteiger partial charge in [-0.3, -0.25) is 0 Å². The lowest BCUT2D eigenvalue weighted by Gasteiger charge is -2.11. The van der Waals surface area contributed by atoms with Crippen molar-refractivity contribution < 1.29 is 4.74 Å². The average molecular weight is 243 g/mol. The quantitative estimate of drug-likeness (QED) is 0.828. The second-order valence-corrected chi connectivity index (χ2v) is 4.99. The van der Waals surface area contributed by atoms with Crippen molar-refractivity contribution in [1.29, 1.82) is 0 Å².